The number of para-hydroxylation sites is 1. The summed E-state index contributed by atoms with van der Waals surface area (Å²) >= 11 is 0. The van der Waals surface area contributed by atoms with Gasteiger partial charge in [-0.25, -0.2) is 4.99 Å². The first-order valence-electron chi connectivity index (χ1n) is 8.50. The van der Waals surface area contributed by atoms with Crippen molar-refractivity contribution in [2.24, 2.45) is 12.0 Å². The van der Waals surface area contributed by atoms with Crippen molar-refractivity contribution >= 4 is 29.9 Å². The van der Waals surface area contributed by atoms with Crippen LogP contribution in [0.15, 0.2) is 47.7 Å². The number of guanidine groups is 1. The molecule has 0 aliphatic rings. The van der Waals surface area contributed by atoms with Crippen LogP contribution in [0.2, 0.25) is 0 Å². The van der Waals surface area contributed by atoms with Crippen molar-refractivity contribution in [3.8, 4) is 5.75 Å². The number of benzene rings is 1. The van der Waals surface area contributed by atoms with E-state index in [1.807, 2.05) is 36.0 Å². The Morgan fingerprint density at radius 3 is 2.68 bits per heavy atom. The normalized spacial score (nSPS) is 10.9. The van der Waals surface area contributed by atoms with Gasteiger partial charge in [0.15, 0.2) is 5.96 Å². The molecule has 0 radical (unpaired) electrons. The molecule has 0 spiro atoms. The molecule has 1 aromatic carbocycles. The zero-order valence-electron chi connectivity index (χ0n) is 15.3. The number of aliphatic imine (C=N–C) groups is 1. The highest BCUT2D eigenvalue weighted by molar-refractivity contribution is 14.0. The average molecular weight is 456 g/mol. The molecule has 0 unspecified atom stereocenters. The maximum Gasteiger partial charge on any atom is 0.191 e. The van der Waals surface area contributed by atoms with Crippen molar-refractivity contribution in [1.29, 1.82) is 0 Å². The summed E-state index contributed by atoms with van der Waals surface area (Å²) in [6.45, 7) is 7.17. The number of aromatic nitrogens is 1. The first kappa shape index (κ1) is 21.3. The quantitative estimate of drug-likeness (QED) is 0.277. The zero-order chi connectivity index (χ0) is 17.2. The van der Waals surface area contributed by atoms with Crippen LogP contribution in [0.5, 0.6) is 5.75 Å². The van der Waals surface area contributed by atoms with E-state index in [9.17, 15) is 0 Å². The molecule has 0 saturated heterocycles. The molecule has 0 aliphatic heterocycles. The largest absolute Gasteiger partial charge is 0.493 e. The van der Waals surface area contributed by atoms with Gasteiger partial charge in [-0.05, 0) is 43.5 Å². The lowest BCUT2D eigenvalue weighted by Gasteiger charge is -2.12. The van der Waals surface area contributed by atoms with Gasteiger partial charge >= 0.3 is 0 Å². The lowest BCUT2D eigenvalue weighted by Crippen LogP contribution is -2.38. The molecule has 0 atom stereocenters. The van der Waals surface area contributed by atoms with Crippen molar-refractivity contribution in [2.75, 3.05) is 19.7 Å². The van der Waals surface area contributed by atoms with E-state index in [4.69, 9.17) is 4.74 Å². The van der Waals surface area contributed by atoms with Crippen LogP contribution in [-0.2, 0) is 13.6 Å². The van der Waals surface area contributed by atoms with E-state index in [0.717, 1.165) is 31.2 Å². The second-order valence-electron chi connectivity index (χ2n) is 5.77. The van der Waals surface area contributed by atoms with Crippen molar-refractivity contribution in [2.45, 2.75) is 26.8 Å². The van der Waals surface area contributed by atoms with E-state index in [1.165, 1.54) is 11.1 Å². The second-order valence-corrected chi connectivity index (χ2v) is 5.77. The van der Waals surface area contributed by atoms with Crippen LogP contribution in [0.1, 0.15) is 24.5 Å². The molecular weight excluding hydrogens is 427 g/mol. The van der Waals surface area contributed by atoms with Gasteiger partial charge in [0.2, 0.25) is 0 Å². The Morgan fingerprint density at radius 2 is 2.00 bits per heavy atom. The molecule has 0 amide bonds. The standard InChI is InChI=1S/C19H28N4O.HI/c1-4-20-19(22-14-17-10-12-23(3)15-17)21-11-7-13-24-18-9-6-5-8-16(18)2;/h5-6,8-10,12,15H,4,7,11,13-14H2,1-3H3,(H2,20,21,22);1H. The monoisotopic (exact) mass is 456 g/mol. The summed E-state index contributed by atoms with van der Waals surface area (Å²) in [7, 11) is 2.02. The Hall–Kier alpha value is -1.70. The average Bonchev–Trinajstić information content (AvgIpc) is 2.99. The van der Waals surface area contributed by atoms with Crippen LogP contribution < -0.4 is 15.4 Å². The fourth-order valence-corrected chi connectivity index (χ4v) is 2.35. The molecule has 2 N–H and O–H groups in total. The molecule has 1 heterocycles. The molecule has 0 bridgehead atoms. The number of nitrogens with one attached hydrogen (secondary N) is 2. The van der Waals surface area contributed by atoms with Gasteiger partial charge in [-0.3, -0.25) is 0 Å². The maximum atomic E-state index is 5.81. The highest BCUT2D eigenvalue weighted by Gasteiger charge is 2.00. The molecule has 1 aromatic heterocycles. The van der Waals surface area contributed by atoms with Gasteiger partial charge in [0.1, 0.15) is 5.75 Å². The fraction of sp³-hybridized carbons (Fsp3) is 0.421. The van der Waals surface area contributed by atoms with Gasteiger partial charge < -0.3 is 19.9 Å². The molecule has 0 fully saturated rings. The highest BCUT2D eigenvalue weighted by atomic mass is 127. The van der Waals surface area contributed by atoms with Crippen molar-refractivity contribution in [3.63, 3.8) is 0 Å². The van der Waals surface area contributed by atoms with Crippen LogP contribution in [0, 0.1) is 6.92 Å². The lowest BCUT2D eigenvalue weighted by atomic mass is 10.2. The summed E-state index contributed by atoms with van der Waals surface area (Å²) in [6.07, 6.45) is 5.04. The Bertz CT molecular complexity index is 654. The third-order valence-corrected chi connectivity index (χ3v) is 3.62. The first-order chi connectivity index (χ1) is 11.7. The number of rotatable bonds is 8. The smallest absolute Gasteiger partial charge is 0.191 e. The molecule has 5 nitrogen and oxygen atoms in total. The number of ether oxygens (including phenoxy) is 1. The van der Waals surface area contributed by atoms with E-state index in [2.05, 4.69) is 47.8 Å². The lowest BCUT2D eigenvalue weighted by molar-refractivity contribution is 0.309. The van der Waals surface area contributed by atoms with E-state index in [0.29, 0.717) is 13.2 Å². The summed E-state index contributed by atoms with van der Waals surface area (Å²) in [6, 6.07) is 10.2. The summed E-state index contributed by atoms with van der Waals surface area (Å²) in [4.78, 5) is 4.61. The zero-order valence-corrected chi connectivity index (χ0v) is 17.6. The van der Waals surface area contributed by atoms with Gasteiger partial charge in [-0.2, -0.15) is 0 Å². The molecule has 138 valence electrons. The Labute approximate surface area is 167 Å². The van der Waals surface area contributed by atoms with E-state index in [1.54, 1.807) is 0 Å². The van der Waals surface area contributed by atoms with Crippen LogP contribution in [0.25, 0.3) is 0 Å². The molecular formula is C19H29IN4O. The van der Waals surface area contributed by atoms with E-state index < -0.39 is 0 Å². The Balaban J connectivity index is 0.00000312. The molecule has 2 aromatic rings. The third-order valence-electron chi connectivity index (χ3n) is 3.62. The molecule has 6 heteroatoms. The second kappa shape index (κ2) is 11.8. The minimum Gasteiger partial charge on any atom is -0.493 e. The molecule has 2 rings (SSSR count). The Morgan fingerprint density at radius 1 is 1.20 bits per heavy atom. The summed E-state index contributed by atoms with van der Waals surface area (Å²) in [5.41, 5.74) is 2.38. The summed E-state index contributed by atoms with van der Waals surface area (Å²) < 4.78 is 7.84. The fourth-order valence-electron chi connectivity index (χ4n) is 2.35. The van der Waals surface area contributed by atoms with Crippen LogP contribution in [-0.4, -0.2) is 30.2 Å². The van der Waals surface area contributed by atoms with E-state index >= 15 is 0 Å². The van der Waals surface area contributed by atoms with Crippen LogP contribution >= 0.6 is 24.0 Å². The molecule has 0 saturated carbocycles. The predicted octanol–water partition coefficient (Wildman–Crippen LogP) is 3.48. The summed E-state index contributed by atoms with van der Waals surface area (Å²) in [5.74, 6) is 1.80. The maximum absolute atomic E-state index is 5.81. The summed E-state index contributed by atoms with van der Waals surface area (Å²) in [5, 5.41) is 6.62. The first-order valence-corrected chi connectivity index (χ1v) is 8.50. The third kappa shape index (κ3) is 7.81. The number of hydrogen-bond acceptors (Lipinski definition) is 2. The van der Waals surface area contributed by atoms with Gasteiger partial charge in [0.05, 0.1) is 13.2 Å². The van der Waals surface area contributed by atoms with Crippen LogP contribution in [0.3, 0.4) is 0 Å². The number of halogens is 1. The van der Waals surface area contributed by atoms with Gasteiger partial charge in [0, 0.05) is 32.5 Å². The minimum absolute atomic E-state index is 0. The van der Waals surface area contributed by atoms with Crippen molar-refractivity contribution < 1.29 is 4.74 Å². The van der Waals surface area contributed by atoms with Gasteiger partial charge in [-0.15, -0.1) is 24.0 Å². The number of aryl methyl sites for hydroxylation is 2. The van der Waals surface area contributed by atoms with Gasteiger partial charge in [-0.1, -0.05) is 18.2 Å². The number of nitrogens with zero attached hydrogens (tertiary/aromatic N) is 2. The van der Waals surface area contributed by atoms with E-state index in [-0.39, 0.29) is 24.0 Å². The Kier molecular flexibility index (Phi) is 10.1. The molecule has 0 aliphatic carbocycles. The van der Waals surface area contributed by atoms with Crippen molar-refractivity contribution in [3.05, 3.63) is 53.9 Å². The predicted molar refractivity (Wildman–Crippen MR) is 115 cm³/mol. The topological polar surface area (TPSA) is 50.6 Å². The minimum atomic E-state index is 0. The number of hydrogen-bond donors (Lipinski definition) is 2. The van der Waals surface area contributed by atoms with Crippen molar-refractivity contribution in [1.82, 2.24) is 15.2 Å². The van der Waals surface area contributed by atoms with Crippen LogP contribution in [0.4, 0.5) is 0 Å². The van der Waals surface area contributed by atoms with Gasteiger partial charge in [0.25, 0.3) is 0 Å². The SMILES string of the molecule is CCNC(=NCc1ccn(C)c1)NCCCOc1ccccc1C.I. The highest BCUT2D eigenvalue weighted by Crippen LogP contribution is 2.15. The molecule has 25 heavy (non-hydrogen) atoms.